The maximum Gasteiger partial charge on any atom is 0.226 e. The Morgan fingerprint density at radius 1 is 1.09 bits per heavy atom. The third-order valence-corrected chi connectivity index (χ3v) is 4.43. The topological polar surface area (TPSA) is 66.0 Å². The molecule has 0 unspecified atom stereocenters. The number of benzene rings is 1. The summed E-state index contributed by atoms with van der Waals surface area (Å²) >= 11 is 0. The second-order valence-electron chi connectivity index (χ2n) is 6.22. The third-order valence-electron chi connectivity index (χ3n) is 4.43. The molecule has 0 amide bonds. The van der Waals surface area contributed by atoms with Crippen LogP contribution in [0.5, 0.6) is 5.75 Å². The summed E-state index contributed by atoms with van der Waals surface area (Å²) in [5, 5.41) is 8.10. The van der Waals surface area contributed by atoms with E-state index >= 15 is 0 Å². The number of aryl methyl sites for hydroxylation is 2. The van der Waals surface area contributed by atoms with Crippen molar-refractivity contribution in [3.8, 4) is 11.4 Å². The largest absolute Gasteiger partial charge is 0.494 e. The lowest BCUT2D eigenvalue weighted by atomic mass is 10.0. The second-order valence-corrected chi connectivity index (χ2v) is 6.22. The molecule has 0 saturated carbocycles. The highest BCUT2D eigenvalue weighted by molar-refractivity contribution is 5.51. The zero-order valence-electron chi connectivity index (χ0n) is 13.9. The van der Waals surface area contributed by atoms with Crippen molar-refractivity contribution in [2.24, 2.45) is 0 Å². The molecule has 1 aromatic heterocycles. The molecule has 0 saturated heterocycles. The summed E-state index contributed by atoms with van der Waals surface area (Å²) in [6, 6.07) is 6.22. The first-order valence-electron chi connectivity index (χ1n) is 8.75. The summed E-state index contributed by atoms with van der Waals surface area (Å²) in [4.78, 5) is 0. The highest BCUT2D eigenvalue weighted by Crippen LogP contribution is 2.29. The molecule has 0 aliphatic carbocycles. The normalized spacial score (nSPS) is 12.7. The van der Waals surface area contributed by atoms with Gasteiger partial charge in [0.1, 0.15) is 11.6 Å². The van der Waals surface area contributed by atoms with Crippen molar-refractivity contribution in [1.29, 1.82) is 0 Å². The number of nitrogens with zero attached hydrogens (tertiary/aromatic N) is 3. The number of unbranched alkanes of at least 4 members (excludes halogenated alkanes) is 5. The van der Waals surface area contributed by atoms with Crippen LogP contribution in [0.15, 0.2) is 18.2 Å². The molecule has 5 nitrogen and oxygen atoms in total. The quantitative estimate of drug-likeness (QED) is 0.755. The van der Waals surface area contributed by atoms with Gasteiger partial charge in [-0.15, -0.1) is 10.2 Å². The number of fused-ring (bicyclic) bond motifs is 3. The van der Waals surface area contributed by atoms with Crippen LogP contribution in [0.4, 0.5) is 5.95 Å². The number of nitrogen functional groups attached to an aromatic ring is 1. The molecule has 2 N–H and O–H groups in total. The van der Waals surface area contributed by atoms with E-state index in [0.717, 1.165) is 43.1 Å². The molecule has 23 heavy (non-hydrogen) atoms. The van der Waals surface area contributed by atoms with Gasteiger partial charge in [0, 0.05) is 6.42 Å². The fourth-order valence-corrected chi connectivity index (χ4v) is 3.14. The standard InChI is InChI=1S/C18H26N4O/c1-2-3-4-5-6-7-12-23-15-9-10-16-14(13-15)8-11-17-20-21-18(19)22(16)17/h9-10,13H,2-8,11-12H2,1H3,(H2,19,21). The van der Waals surface area contributed by atoms with Crippen LogP contribution in [-0.2, 0) is 12.8 Å². The van der Waals surface area contributed by atoms with Gasteiger partial charge in [-0.1, -0.05) is 39.0 Å². The van der Waals surface area contributed by atoms with Gasteiger partial charge in [0.05, 0.1) is 12.3 Å². The highest BCUT2D eigenvalue weighted by atomic mass is 16.5. The van der Waals surface area contributed by atoms with Crippen molar-refractivity contribution in [3.05, 3.63) is 29.6 Å². The number of rotatable bonds is 8. The Kier molecular flexibility index (Phi) is 5.16. The maximum atomic E-state index is 5.92. The monoisotopic (exact) mass is 314 g/mol. The van der Waals surface area contributed by atoms with Gasteiger partial charge in [-0.25, -0.2) is 0 Å². The van der Waals surface area contributed by atoms with Crippen molar-refractivity contribution in [1.82, 2.24) is 14.8 Å². The summed E-state index contributed by atoms with van der Waals surface area (Å²) in [6.45, 7) is 3.04. The van der Waals surface area contributed by atoms with E-state index in [1.165, 1.54) is 37.7 Å². The zero-order valence-corrected chi connectivity index (χ0v) is 13.9. The van der Waals surface area contributed by atoms with Gasteiger partial charge >= 0.3 is 0 Å². The van der Waals surface area contributed by atoms with Crippen LogP contribution in [0.3, 0.4) is 0 Å². The lowest BCUT2D eigenvalue weighted by Gasteiger charge is -2.19. The molecular weight excluding hydrogens is 288 g/mol. The van der Waals surface area contributed by atoms with Crippen molar-refractivity contribution in [3.63, 3.8) is 0 Å². The van der Waals surface area contributed by atoms with E-state index in [4.69, 9.17) is 10.5 Å². The van der Waals surface area contributed by atoms with E-state index in [-0.39, 0.29) is 0 Å². The summed E-state index contributed by atoms with van der Waals surface area (Å²) in [6.07, 6.45) is 9.52. The highest BCUT2D eigenvalue weighted by Gasteiger charge is 2.20. The molecule has 0 radical (unpaired) electrons. The molecule has 1 aliphatic heterocycles. The van der Waals surface area contributed by atoms with Crippen LogP contribution in [0.25, 0.3) is 5.69 Å². The van der Waals surface area contributed by atoms with Crippen LogP contribution in [0, 0.1) is 0 Å². The van der Waals surface area contributed by atoms with Crippen molar-refractivity contribution in [2.75, 3.05) is 12.3 Å². The molecule has 0 spiro atoms. The summed E-state index contributed by atoms with van der Waals surface area (Å²) in [5.74, 6) is 2.35. The van der Waals surface area contributed by atoms with Crippen molar-refractivity contribution < 1.29 is 4.74 Å². The van der Waals surface area contributed by atoms with Crippen LogP contribution >= 0.6 is 0 Å². The summed E-state index contributed by atoms with van der Waals surface area (Å²) in [7, 11) is 0. The van der Waals surface area contributed by atoms with Gasteiger partial charge in [-0.05, 0) is 36.6 Å². The summed E-state index contributed by atoms with van der Waals surface area (Å²) in [5.41, 5.74) is 8.26. The Morgan fingerprint density at radius 3 is 2.78 bits per heavy atom. The maximum absolute atomic E-state index is 5.92. The Bertz CT molecular complexity index is 650. The van der Waals surface area contributed by atoms with E-state index in [9.17, 15) is 0 Å². The van der Waals surface area contributed by atoms with Gasteiger partial charge in [-0.3, -0.25) is 4.57 Å². The first-order valence-corrected chi connectivity index (χ1v) is 8.75. The molecule has 0 atom stereocenters. The molecule has 0 fully saturated rings. The Morgan fingerprint density at radius 2 is 1.91 bits per heavy atom. The van der Waals surface area contributed by atoms with Crippen molar-refractivity contribution >= 4 is 5.95 Å². The molecule has 2 aromatic rings. The van der Waals surface area contributed by atoms with E-state index in [2.05, 4.69) is 29.3 Å². The zero-order chi connectivity index (χ0) is 16.1. The Balaban J connectivity index is 1.55. The molecule has 1 aliphatic rings. The number of ether oxygens (including phenoxy) is 1. The molecule has 5 heteroatoms. The lowest BCUT2D eigenvalue weighted by molar-refractivity contribution is 0.304. The molecule has 3 rings (SSSR count). The molecule has 0 bridgehead atoms. The third kappa shape index (κ3) is 3.66. The number of aromatic nitrogens is 3. The van der Waals surface area contributed by atoms with Gasteiger partial charge in [0.2, 0.25) is 5.95 Å². The van der Waals surface area contributed by atoms with Gasteiger partial charge in [-0.2, -0.15) is 0 Å². The predicted molar refractivity (Wildman–Crippen MR) is 92.1 cm³/mol. The Labute approximate surface area is 137 Å². The summed E-state index contributed by atoms with van der Waals surface area (Å²) < 4.78 is 7.85. The number of hydrogen-bond acceptors (Lipinski definition) is 4. The minimum atomic E-state index is 0.460. The first-order chi connectivity index (χ1) is 11.3. The van der Waals surface area contributed by atoms with Crippen molar-refractivity contribution in [2.45, 2.75) is 58.3 Å². The van der Waals surface area contributed by atoms with Gasteiger partial charge in [0.25, 0.3) is 0 Å². The van der Waals surface area contributed by atoms with Crippen LogP contribution in [-0.4, -0.2) is 21.4 Å². The number of anilines is 1. The van der Waals surface area contributed by atoms with Crippen LogP contribution in [0.1, 0.15) is 56.8 Å². The van der Waals surface area contributed by atoms with Crippen LogP contribution in [0.2, 0.25) is 0 Å². The molecule has 124 valence electrons. The Hall–Kier alpha value is -2.04. The second kappa shape index (κ2) is 7.49. The van der Waals surface area contributed by atoms with Gasteiger partial charge in [0.15, 0.2) is 0 Å². The molecule has 2 heterocycles. The van der Waals surface area contributed by atoms with Crippen LogP contribution < -0.4 is 10.5 Å². The SMILES string of the molecule is CCCCCCCCOc1ccc2c(c1)CCc1nnc(N)n1-2. The average Bonchev–Trinajstić information content (AvgIpc) is 2.95. The average molecular weight is 314 g/mol. The van der Waals surface area contributed by atoms with E-state index in [1.807, 2.05) is 10.6 Å². The lowest BCUT2D eigenvalue weighted by Crippen LogP contribution is -2.14. The van der Waals surface area contributed by atoms with Gasteiger partial charge < -0.3 is 10.5 Å². The minimum absolute atomic E-state index is 0.460. The molecule has 1 aromatic carbocycles. The number of hydrogen-bond donors (Lipinski definition) is 1. The van der Waals surface area contributed by atoms with E-state index in [0.29, 0.717) is 5.95 Å². The fraction of sp³-hybridized carbons (Fsp3) is 0.556. The van der Waals surface area contributed by atoms with E-state index in [1.54, 1.807) is 0 Å². The molecular formula is C18H26N4O. The smallest absolute Gasteiger partial charge is 0.226 e. The fourth-order valence-electron chi connectivity index (χ4n) is 3.14. The first kappa shape index (κ1) is 15.8. The predicted octanol–water partition coefficient (Wildman–Crippen LogP) is 3.69. The minimum Gasteiger partial charge on any atom is -0.494 e. The van der Waals surface area contributed by atoms with E-state index < -0.39 is 0 Å². The number of nitrogens with two attached hydrogens (primary N) is 1.